The lowest BCUT2D eigenvalue weighted by Gasteiger charge is -2.34. The Morgan fingerprint density at radius 3 is 2.81 bits per heavy atom. The van der Waals surface area contributed by atoms with E-state index in [0.717, 1.165) is 12.8 Å². The van der Waals surface area contributed by atoms with Gasteiger partial charge in [-0.25, -0.2) is 4.39 Å². The maximum absolute atomic E-state index is 14.0. The first-order valence-corrected chi connectivity index (χ1v) is 9.34. The molecule has 1 aromatic carbocycles. The van der Waals surface area contributed by atoms with Crippen LogP contribution in [-0.4, -0.2) is 40.3 Å². The number of carbonyl (C=O) groups is 2. The van der Waals surface area contributed by atoms with Gasteiger partial charge in [0, 0.05) is 35.6 Å². The first-order chi connectivity index (χ1) is 13.0. The highest BCUT2D eigenvalue weighted by Crippen LogP contribution is 2.38. The molecule has 0 radical (unpaired) electrons. The molecular weight excluding hydrogens is 369 g/mol. The van der Waals surface area contributed by atoms with E-state index >= 15 is 0 Å². The van der Waals surface area contributed by atoms with Crippen LogP contribution in [0.25, 0.3) is 0 Å². The smallest absolute Gasteiger partial charge is 0.253 e. The van der Waals surface area contributed by atoms with Gasteiger partial charge < -0.3 is 10.2 Å². The van der Waals surface area contributed by atoms with E-state index < -0.39 is 5.82 Å². The standard InChI is InChI=1S/C20H19ClFN3O2/c21-15-4-1-5-16(22)14(15)9-19(26)25-11-12-7-17(18(25)8-12)24-20(27)13-3-2-6-23-10-13/h1-6,10,12,17-18H,7-9,11H2,(H,24,27)/t12-,17+,18-/m1/s1. The molecule has 4 rings (SSSR count). The number of halogens is 2. The second kappa shape index (κ2) is 7.27. The summed E-state index contributed by atoms with van der Waals surface area (Å²) in [7, 11) is 0. The predicted molar refractivity (Wildman–Crippen MR) is 98.8 cm³/mol. The molecule has 2 aliphatic rings. The van der Waals surface area contributed by atoms with Crippen LogP contribution in [0.4, 0.5) is 4.39 Å². The predicted octanol–water partition coefficient (Wildman–Crippen LogP) is 2.84. The normalized spacial score (nSPS) is 23.5. The SMILES string of the molecule is O=C(N[C@H]1C[C@@H]2C[C@H]1N(C(=O)Cc1c(F)cccc1Cl)C2)c1cccnc1. The van der Waals surface area contributed by atoms with Gasteiger partial charge in [-0.3, -0.25) is 14.6 Å². The zero-order valence-electron chi connectivity index (χ0n) is 14.6. The lowest BCUT2D eigenvalue weighted by molar-refractivity contribution is -0.132. The molecule has 1 N–H and O–H groups in total. The Morgan fingerprint density at radius 2 is 2.11 bits per heavy atom. The molecule has 5 nitrogen and oxygen atoms in total. The fourth-order valence-electron chi connectivity index (χ4n) is 4.17. The van der Waals surface area contributed by atoms with E-state index in [9.17, 15) is 14.0 Å². The average Bonchev–Trinajstić information content (AvgIpc) is 3.26. The van der Waals surface area contributed by atoms with Gasteiger partial charge in [0.2, 0.25) is 5.91 Å². The highest BCUT2D eigenvalue weighted by molar-refractivity contribution is 6.31. The van der Waals surface area contributed by atoms with Crippen LogP contribution in [0, 0.1) is 11.7 Å². The van der Waals surface area contributed by atoms with E-state index in [4.69, 9.17) is 11.6 Å². The van der Waals surface area contributed by atoms with Gasteiger partial charge in [-0.1, -0.05) is 17.7 Å². The van der Waals surface area contributed by atoms with Crippen LogP contribution in [0.2, 0.25) is 5.02 Å². The van der Waals surface area contributed by atoms with Crippen molar-refractivity contribution in [2.24, 2.45) is 5.92 Å². The number of nitrogens with one attached hydrogen (secondary N) is 1. The molecule has 27 heavy (non-hydrogen) atoms. The van der Waals surface area contributed by atoms with E-state index in [1.165, 1.54) is 18.3 Å². The highest BCUT2D eigenvalue weighted by Gasteiger charge is 2.47. The van der Waals surface area contributed by atoms with Crippen molar-refractivity contribution in [1.82, 2.24) is 15.2 Å². The number of amides is 2. The molecule has 1 aromatic heterocycles. The minimum Gasteiger partial charge on any atom is -0.347 e. The largest absolute Gasteiger partial charge is 0.347 e. The third-order valence-corrected chi connectivity index (χ3v) is 5.79. The van der Waals surface area contributed by atoms with Crippen LogP contribution >= 0.6 is 11.6 Å². The van der Waals surface area contributed by atoms with Crippen molar-refractivity contribution in [1.29, 1.82) is 0 Å². The van der Waals surface area contributed by atoms with Crippen molar-refractivity contribution in [3.05, 3.63) is 64.7 Å². The summed E-state index contributed by atoms with van der Waals surface area (Å²) in [6.45, 7) is 0.648. The van der Waals surface area contributed by atoms with Gasteiger partial charge >= 0.3 is 0 Å². The summed E-state index contributed by atoms with van der Waals surface area (Å²) in [5.41, 5.74) is 0.721. The minimum absolute atomic E-state index is 0.0614. The highest BCUT2D eigenvalue weighted by atomic mass is 35.5. The molecule has 2 aromatic rings. The minimum atomic E-state index is -0.471. The van der Waals surface area contributed by atoms with Crippen LogP contribution in [0.1, 0.15) is 28.8 Å². The summed E-state index contributed by atoms with van der Waals surface area (Å²) in [5.74, 6) is -0.462. The van der Waals surface area contributed by atoms with Crippen molar-refractivity contribution < 1.29 is 14.0 Å². The molecule has 1 saturated heterocycles. The van der Waals surface area contributed by atoms with Crippen molar-refractivity contribution in [3.63, 3.8) is 0 Å². The Kier molecular flexibility index (Phi) is 4.83. The number of benzene rings is 1. The second-order valence-corrected chi connectivity index (χ2v) is 7.56. The summed E-state index contributed by atoms with van der Waals surface area (Å²) in [6.07, 6.45) is 4.77. The number of pyridine rings is 1. The van der Waals surface area contributed by atoms with E-state index in [2.05, 4.69) is 10.3 Å². The fourth-order valence-corrected chi connectivity index (χ4v) is 4.40. The molecule has 2 amide bonds. The molecule has 3 atom stereocenters. The van der Waals surface area contributed by atoms with Crippen molar-refractivity contribution in [3.8, 4) is 0 Å². The molecular formula is C20H19ClFN3O2. The van der Waals surface area contributed by atoms with Gasteiger partial charge in [0.15, 0.2) is 0 Å². The van der Waals surface area contributed by atoms with Gasteiger partial charge in [-0.15, -0.1) is 0 Å². The van der Waals surface area contributed by atoms with Crippen LogP contribution in [-0.2, 0) is 11.2 Å². The lowest BCUT2D eigenvalue weighted by atomic mass is 10.0. The van der Waals surface area contributed by atoms with Gasteiger partial charge in [-0.2, -0.15) is 0 Å². The monoisotopic (exact) mass is 387 g/mol. The van der Waals surface area contributed by atoms with Gasteiger partial charge in [0.25, 0.3) is 5.91 Å². The Labute approximate surface area is 161 Å². The number of piperidine rings is 1. The zero-order valence-corrected chi connectivity index (χ0v) is 15.3. The fraction of sp³-hybridized carbons (Fsp3) is 0.350. The summed E-state index contributed by atoms with van der Waals surface area (Å²) in [4.78, 5) is 30.9. The number of carbonyl (C=O) groups excluding carboxylic acids is 2. The molecule has 1 saturated carbocycles. The second-order valence-electron chi connectivity index (χ2n) is 7.15. The maximum atomic E-state index is 14.0. The first-order valence-electron chi connectivity index (χ1n) is 8.96. The first kappa shape index (κ1) is 17.9. The van der Waals surface area contributed by atoms with E-state index in [1.54, 1.807) is 29.3 Å². The summed E-state index contributed by atoms with van der Waals surface area (Å²) in [5, 5.41) is 3.28. The van der Waals surface area contributed by atoms with Crippen molar-refractivity contribution in [2.45, 2.75) is 31.3 Å². The van der Waals surface area contributed by atoms with Crippen molar-refractivity contribution in [2.75, 3.05) is 6.54 Å². The summed E-state index contributed by atoms with van der Waals surface area (Å²) < 4.78 is 14.0. The molecule has 2 bridgehead atoms. The Bertz CT molecular complexity index is 857. The summed E-state index contributed by atoms with van der Waals surface area (Å²) in [6, 6.07) is 7.67. The third kappa shape index (κ3) is 3.54. The zero-order chi connectivity index (χ0) is 19.0. The molecule has 2 heterocycles. The van der Waals surface area contributed by atoms with Crippen LogP contribution in [0.15, 0.2) is 42.7 Å². The molecule has 0 unspecified atom stereocenters. The molecule has 2 fully saturated rings. The summed E-state index contributed by atoms with van der Waals surface area (Å²) >= 11 is 6.05. The van der Waals surface area contributed by atoms with Gasteiger partial charge in [0.1, 0.15) is 5.82 Å². The van der Waals surface area contributed by atoms with E-state index in [-0.39, 0.29) is 40.9 Å². The molecule has 1 aliphatic carbocycles. The number of fused-ring (bicyclic) bond motifs is 2. The Hall–Kier alpha value is -2.47. The number of hydrogen-bond acceptors (Lipinski definition) is 3. The van der Waals surface area contributed by atoms with Crippen LogP contribution in [0.5, 0.6) is 0 Å². The number of rotatable bonds is 4. The van der Waals surface area contributed by atoms with E-state index in [0.29, 0.717) is 18.0 Å². The van der Waals surface area contributed by atoms with Gasteiger partial charge in [-0.05, 0) is 43.0 Å². The number of nitrogens with zero attached hydrogens (tertiary/aromatic N) is 2. The maximum Gasteiger partial charge on any atom is 0.253 e. The number of aromatic nitrogens is 1. The van der Waals surface area contributed by atoms with Gasteiger partial charge in [0.05, 0.1) is 18.0 Å². The van der Waals surface area contributed by atoms with Crippen molar-refractivity contribution >= 4 is 23.4 Å². The molecule has 140 valence electrons. The van der Waals surface area contributed by atoms with Crippen LogP contribution in [0.3, 0.4) is 0 Å². The van der Waals surface area contributed by atoms with Crippen LogP contribution < -0.4 is 5.32 Å². The quantitative estimate of drug-likeness (QED) is 0.877. The Balaban J connectivity index is 1.45. The third-order valence-electron chi connectivity index (χ3n) is 5.43. The number of likely N-dealkylation sites (tertiary alicyclic amines) is 1. The topological polar surface area (TPSA) is 62.3 Å². The average molecular weight is 388 g/mol. The number of hydrogen-bond donors (Lipinski definition) is 1. The molecule has 1 aliphatic heterocycles. The Morgan fingerprint density at radius 1 is 1.26 bits per heavy atom. The molecule has 0 spiro atoms. The molecule has 7 heteroatoms. The lowest BCUT2D eigenvalue weighted by Crippen LogP contribution is -2.52. The van der Waals surface area contributed by atoms with E-state index in [1.807, 2.05) is 0 Å².